The van der Waals surface area contributed by atoms with E-state index in [9.17, 15) is 15.2 Å². The van der Waals surface area contributed by atoms with Crippen molar-refractivity contribution in [3.05, 3.63) is 22.5 Å². The van der Waals surface area contributed by atoms with Crippen molar-refractivity contribution in [3.8, 4) is 0 Å². The van der Waals surface area contributed by atoms with Crippen molar-refractivity contribution >= 4 is 5.69 Å². The molecule has 0 aromatic carbocycles. The van der Waals surface area contributed by atoms with E-state index in [0.717, 1.165) is 13.1 Å². The van der Waals surface area contributed by atoms with E-state index in [1.807, 2.05) is 0 Å². The van der Waals surface area contributed by atoms with Gasteiger partial charge in [0.2, 0.25) is 0 Å². The van der Waals surface area contributed by atoms with Crippen LogP contribution in [-0.4, -0.2) is 45.5 Å². The van der Waals surface area contributed by atoms with E-state index in [0.29, 0.717) is 13.1 Å². The number of rotatable bonds is 5. The summed E-state index contributed by atoms with van der Waals surface area (Å²) in [6.07, 6.45) is 5.78. The lowest BCUT2D eigenvalue weighted by molar-refractivity contribution is -0.908. The molecule has 7 heteroatoms. The Bertz CT molecular complexity index is 401. The van der Waals surface area contributed by atoms with Crippen LogP contribution in [0.15, 0.2) is 12.4 Å². The first-order valence-corrected chi connectivity index (χ1v) is 6.33. The van der Waals surface area contributed by atoms with Crippen LogP contribution in [0, 0.1) is 10.1 Å². The highest BCUT2D eigenvalue weighted by Crippen LogP contribution is 2.07. The van der Waals surface area contributed by atoms with Crippen LogP contribution in [0.2, 0.25) is 0 Å². The molecule has 0 unspecified atom stereocenters. The van der Waals surface area contributed by atoms with Crippen molar-refractivity contribution in [1.29, 1.82) is 0 Å². The van der Waals surface area contributed by atoms with Crippen molar-refractivity contribution in [1.82, 2.24) is 9.78 Å². The van der Waals surface area contributed by atoms with Gasteiger partial charge in [0.15, 0.2) is 0 Å². The smallest absolute Gasteiger partial charge is 0.306 e. The molecule has 0 saturated carbocycles. The number of nitro groups is 1. The molecular weight excluding hydrogens is 236 g/mol. The van der Waals surface area contributed by atoms with Crippen molar-refractivity contribution < 1.29 is 14.9 Å². The van der Waals surface area contributed by atoms with Gasteiger partial charge >= 0.3 is 5.69 Å². The van der Waals surface area contributed by atoms with Gasteiger partial charge in [0.25, 0.3) is 0 Å². The maximum Gasteiger partial charge on any atom is 0.306 e. The van der Waals surface area contributed by atoms with Gasteiger partial charge in [-0.3, -0.25) is 14.8 Å². The second kappa shape index (κ2) is 5.92. The zero-order valence-electron chi connectivity index (χ0n) is 10.3. The third-order valence-corrected chi connectivity index (χ3v) is 3.31. The van der Waals surface area contributed by atoms with Crippen molar-refractivity contribution in [3.63, 3.8) is 0 Å². The van der Waals surface area contributed by atoms with Crippen molar-refractivity contribution in [2.75, 3.05) is 19.6 Å². The molecule has 1 aliphatic rings. The SMILES string of the molecule is O=[N+]([O-])c1cnn(C[C@@H](O)C[NH+]2CCCCC2)c1. The molecule has 100 valence electrons. The van der Waals surface area contributed by atoms with Crippen molar-refractivity contribution in [2.24, 2.45) is 0 Å². The molecule has 0 amide bonds. The number of hydrogen-bond donors (Lipinski definition) is 2. The van der Waals surface area contributed by atoms with E-state index in [1.54, 1.807) is 0 Å². The predicted molar refractivity (Wildman–Crippen MR) is 64.3 cm³/mol. The first-order valence-electron chi connectivity index (χ1n) is 6.33. The second-order valence-electron chi connectivity index (χ2n) is 4.85. The summed E-state index contributed by atoms with van der Waals surface area (Å²) < 4.78 is 1.44. The van der Waals surface area contributed by atoms with E-state index in [4.69, 9.17) is 0 Å². The number of nitrogens with zero attached hydrogens (tertiary/aromatic N) is 3. The topological polar surface area (TPSA) is 85.6 Å². The highest BCUT2D eigenvalue weighted by Gasteiger charge is 2.19. The van der Waals surface area contributed by atoms with Gasteiger partial charge in [0.1, 0.15) is 25.0 Å². The third-order valence-electron chi connectivity index (χ3n) is 3.31. The van der Waals surface area contributed by atoms with Crippen molar-refractivity contribution in [2.45, 2.75) is 31.9 Å². The highest BCUT2D eigenvalue weighted by atomic mass is 16.6. The van der Waals surface area contributed by atoms with Crippen LogP contribution in [0.4, 0.5) is 5.69 Å². The number of quaternary nitrogens is 1. The zero-order valence-corrected chi connectivity index (χ0v) is 10.3. The van der Waals surface area contributed by atoms with E-state index in [1.165, 1.54) is 41.2 Å². The van der Waals surface area contributed by atoms with Crippen LogP contribution < -0.4 is 4.90 Å². The maximum absolute atomic E-state index is 10.5. The number of piperidine rings is 1. The number of aliphatic hydroxyl groups is 1. The van der Waals surface area contributed by atoms with Gasteiger partial charge in [0.05, 0.1) is 24.6 Å². The van der Waals surface area contributed by atoms with Crippen LogP contribution in [0.5, 0.6) is 0 Å². The molecule has 7 nitrogen and oxygen atoms in total. The Hall–Kier alpha value is -1.47. The summed E-state index contributed by atoms with van der Waals surface area (Å²) in [6.45, 7) is 3.22. The van der Waals surface area contributed by atoms with Gasteiger partial charge in [-0.25, -0.2) is 0 Å². The number of aliphatic hydroxyl groups excluding tert-OH is 1. The Labute approximate surface area is 105 Å². The van der Waals surface area contributed by atoms with Gasteiger partial charge in [0, 0.05) is 0 Å². The lowest BCUT2D eigenvalue weighted by Gasteiger charge is -2.25. The second-order valence-corrected chi connectivity index (χ2v) is 4.85. The van der Waals surface area contributed by atoms with E-state index in [2.05, 4.69) is 5.10 Å². The molecular formula is C11H19N4O3+. The summed E-state index contributed by atoms with van der Waals surface area (Å²) in [5.74, 6) is 0. The Kier molecular flexibility index (Phi) is 4.27. The van der Waals surface area contributed by atoms with E-state index >= 15 is 0 Å². The molecule has 2 N–H and O–H groups in total. The fourth-order valence-electron chi connectivity index (χ4n) is 2.42. The Morgan fingerprint density at radius 3 is 2.83 bits per heavy atom. The van der Waals surface area contributed by atoms with E-state index < -0.39 is 11.0 Å². The largest absolute Gasteiger partial charge is 0.385 e. The molecule has 18 heavy (non-hydrogen) atoms. The van der Waals surface area contributed by atoms with Gasteiger partial charge in [-0.1, -0.05) is 0 Å². The van der Waals surface area contributed by atoms with Crippen LogP contribution >= 0.6 is 0 Å². The maximum atomic E-state index is 10.5. The number of nitrogens with one attached hydrogen (secondary N) is 1. The van der Waals surface area contributed by atoms with Gasteiger partial charge in [-0.15, -0.1) is 0 Å². The minimum absolute atomic E-state index is 0.0347. The summed E-state index contributed by atoms with van der Waals surface area (Å²) in [6, 6.07) is 0. The summed E-state index contributed by atoms with van der Waals surface area (Å²) in [7, 11) is 0. The molecule has 1 aliphatic heterocycles. The van der Waals surface area contributed by atoms with Gasteiger partial charge in [-0.05, 0) is 19.3 Å². The Morgan fingerprint density at radius 1 is 1.50 bits per heavy atom. The molecule has 1 saturated heterocycles. The van der Waals surface area contributed by atoms with Gasteiger partial charge in [-0.2, -0.15) is 5.10 Å². The summed E-state index contributed by atoms with van der Waals surface area (Å²) in [4.78, 5) is 11.4. The minimum atomic E-state index is -0.502. The summed E-state index contributed by atoms with van der Waals surface area (Å²) >= 11 is 0. The number of likely N-dealkylation sites (tertiary alicyclic amines) is 1. The van der Waals surface area contributed by atoms with Crippen LogP contribution in [0.25, 0.3) is 0 Å². The fourth-order valence-corrected chi connectivity index (χ4v) is 2.42. The first kappa shape index (κ1) is 13.0. The third kappa shape index (κ3) is 3.51. The molecule has 0 aliphatic carbocycles. The van der Waals surface area contributed by atoms with Crippen LogP contribution in [-0.2, 0) is 6.54 Å². The van der Waals surface area contributed by atoms with E-state index in [-0.39, 0.29) is 5.69 Å². The molecule has 2 heterocycles. The highest BCUT2D eigenvalue weighted by molar-refractivity contribution is 5.20. The number of hydrogen-bond acceptors (Lipinski definition) is 4. The molecule has 1 aromatic heterocycles. The molecule has 0 spiro atoms. The molecule has 0 bridgehead atoms. The Balaban J connectivity index is 1.82. The lowest BCUT2D eigenvalue weighted by Crippen LogP contribution is -3.13. The zero-order chi connectivity index (χ0) is 13.0. The quantitative estimate of drug-likeness (QED) is 0.534. The van der Waals surface area contributed by atoms with Crippen LogP contribution in [0.3, 0.4) is 0 Å². The molecule has 1 atom stereocenters. The van der Waals surface area contributed by atoms with Gasteiger partial charge < -0.3 is 10.0 Å². The molecule has 1 fully saturated rings. The van der Waals surface area contributed by atoms with Crippen LogP contribution in [0.1, 0.15) is 19.3 Å². The monoisotopic (exact) mass is 255 g/mol. The fraction of sp³-hybridized carbons (Fsp3) is 0.727. The normalized spacial score (nSPS) is 18.7. The molecule has 0 radical (unpaired) electrons. The summed E-state index contributed by atoms with van der Waals surface area (Å²) in [5, 5.41) is 24.3. The lowest BCUT2D eigenvalue weighted by atomic mass is 10.1. The predicted octanol–water partition coefficient (Wildman–Crippen LogP) is -0.779. The molecule has 2 rings (SSSR count). The summed E-state index contributed by atoms with van der Waals surface area (Å²) in [5.41, 5.74) is -0.0347. The average molecular weight is 255 g/mol. The number of aromatic nitrogens is 2. The average Bonchev–Trinajstić information content (AvgIpc) is 2.78. The first-order chi connectivity index (χ1) is 8.65. The Morgan fingerprint density at radius 2 is 2.22 bits per heavy atom. The molecule has 1 aromatic rings. The minimum Gasteiger partial charge on any atom is -0.385 e. The standard InChI is InChI=1S/C11H18N4O3/c16-11(8-13-4-2-1-3-5-13)9-14-7-10(6-12-14)15(17)18/h6-7,11,16H,1-5,8-9H2/p+1/t11-/m0/s1.